The van der Waals surface area contributed by atoms with Gasteiger partial charge in [-0.15, -0.1) is 0 Å². The number of fused-ring (bicyclic) bond motifs is 2. The summed E-state index contributed by atoms with van der Waals surface area (Å²) in [6, 6.07) is 0.0292. The van der Waals surface area contributed by atoms with Crippen molar-refractivity contribution in [1.29, 1.82) is 0 Å². The van der Waals surface area contributed by atoms with E-state index < -0.39 is 5.60 Å². The van der Waals surface area contributed by atoms with Crippen molar-refractivity contribution in [3.63, 3.8) is 0 Å². The average Bonchev–Trinajstić information content (AvgIpc) is 2.68. The first-order valence-electron chi connectivity index (χ1n) is 6.99. The van der Waals surface area contributed by atoms with Gasteiger partial charge in [-0.25, -0.2) is 4.79 Å². The molecule has 2 fully saturated rings. The smallest absolute Gasteiger partial charge is 0.410 e. The highest BCUT2D eigenvalue weighted by atomic mass is 16.6. The maximum absolute atomic E-state index is 12.3. The van der Waals surface area contributed by atoms with Crippen molar-refractivity contribution >= 4 is 11.9 Å². The monoisotopic (exact) mass is 267 g/mol. The van der Waals surface area contributed by atoms with E-state index in [1.807, 2.05) is 20.8 Å². The Labute approximate surface area is 115 Å². The third kappa shape index (κ3) is 2.26. The van der Waals surface area contributed by atoms with Crippen molar-refractivity contribution in [2.75, 3.05) is 6.54 Å². The number of hydrogen-bond donors (Lipinski definition) is 0. The van der Waals surface area contributed by atoms with Gasteiger partial charge in [0, 0.05) is 19.0 Å². The molecule has 1 saturated carbocycles. The minimum absolute atomic E-state index is 0.0292. The van der Waals surface area contributed by atoms with Gasteiger partial charge in [-0.3, -0.25) is 4.79 Å². The molecule has 2 rings (SSSR count). The standard InChI is InChI=1S/C15H25NO3/c1-13(2,3)15-8-10(7-11(15)17)16(9-15)12(18)19-14(4,5)6/h10H,7-9H2,1-6H3. The van der Waals surface area contributed by atoms with Gasteiger partial charge in [0.25, 0.3) is 0 Å². The number of ketones is 1. The predicted octanol–water partition coefficient (Wildman–Crippen LogP) is 3.00. The van der Waals surface area contributed by atoms with Gasteiger partial charge in [-0.1, -0.05) is 20.8 Å². The van der Waals surface area contributed by atoms with Crippen molar-refractivity contribution in [1.82, 2.24) is 4.90 Å². The lowest BCUT2D eigenvalue weighted by atomic mass is 9.65. The van der Waals surface area contributed by atoms with Crippen LogP contribution in [0.2, 0.25) is 0 Å². The number of nitrogens with zero attached hydrogens (tertiary/aromatic N) is 1. The molecule has 19 heavy (non-hydrogen) atoms. The van der Waals surface area contributed by atoms with Gasteiger partial charge in [0.1, 0.15) is 11.4 Å². The van der Waals surface area contributed by atoms with Gasteiger partial charge < -0.3 is 9.64 Å². The number of piperidine rings is 1. The van der Waals surface area contributed by atoms with Gasteiger partial charge in [0.05, 0.1) is 5.41 Å². The number of ether oxygens (including phenoxy) is 1. The molecule has 0 N–H and O–H groups in total. The molecule has 1 aliphatic carbocycles. The summed E-state index contributed by atoms with van der Waals surface area (Å²) in [5.74, 6) is 0.310. The summed E-state index contributed by atoms with van der Waals surface area (Å²) < 4.78 is 5.44. The highest BCUT2D eigenvalue weighted by molar-refractivity contribution is 5.91. The van der Waals surface area contributed by atoms with Gasteiger partial charge in [-0.05, 0) is 32.6 Å². The first kappa shape index (κ1) is 14.4. The lowest BCUT2D eigenvalue weighted by Crippen LogP contribution is -2.50. The Bertz CT molecular complexity index is 416. The Morgan fingerprint density at radius 2 is 1.84 bits per heavy atom. The molecule has 1 saturated heterocycles. The quantitative estimate of drug-likeness (QED) is 0.678. The van der Waals surface area contributed by atoms with E-state index in [0.717, 1.165) is 6.42 Å². The van der Waals surface area contributed by atoms with Crippen LogP contribution in [0.25, 0.3) is 0 Å². The molecule has 0 aromatic heterocycles. The van der Waals surface area contributed by atoms with E-state index in [1.54, 1.807) is 4.90 Å². The Balaban J connectivity index is 2.19. The molecular weight excluding hydrogens is 242 g/mol. The van der Waals surface area contributed by atoms with E-state index in [2.05, 4.69) is 20.8 Å². The second kappa shape index (κ2) is 3.97. The third-order valence-corrected chi connectivity index (χ3v) is 4.48. The second-order valence-corrected chi connectivity index (χ2v) is 7.93. The summed E-state index contributed by atoms with van der Waals surface area (Å²) in [4.78, 5) is 26.3. The van der Waals surface area contributed by atoms with Gasteiger partial charge >= 0.3 is 6.09 Å². The molecule has 2 unspecified atom stereocenters. The van der Waals surface area contributed by atoms with Crippen LogP contribution >= 0.6 is 0 Å². The van der Waals surface area contributed by atoms with Crippen LogP contribution in [-0.2, 0) is 9.53 Å². The molecular formula is C15H25NO3. The molecule has 1 aliphatic heterocycles. The Hall–Kier alpha value is -1.06. The maximum atomic E-state index is 12.3. The highest BCUT2D eigenvalue weighted by Crippen LogP contribution is 2.55. The number of carbonyl (C=O) groups excluding carboxylic acids is 2. The molecule has 0 aromatic carbocycles. The summed E-state index contributed by atoms with van der Waals surface area (Å²) in [6.45, 7) is 12.4. The SMILES string of the molecule is CC(C)(C)OC(=O)N1CC2(C(C)(C)C)CC1CC2=O. The zero-order valence-electron chi connectivity index (χ0n) is 12.9. The Morgan fingerprint density at radius 3 is 2.26 bits per heavy atom. The van der Waals surface area contributed by atoms with E-state index in [-0.39, 0.29) is 23.0 Å². The van der Waals surface area contributed by atoms with Crippen LogP contribution < -0.4 is 0 Å². The van der Waals surface area contributed by atoms with Gasteiger partial charge in [0.2, 0.25) is 0 Å². The molecule has 4 heteroatoms. The summed E-state index contributed by atoms with van der Waals surface area (Å²) in [7, 11) is 0. The zero-order valence-corrected chi connectivity index (χ0v) is 12.9. The molecule has 0 radical (unpaired) electrons. The van der Waals surface area contributed by atoms with E-state index in [9.17, 15) is 9.59 Å². The molecule has 2 atom stereocenters. The van der Waals surface area contributed by atoms with Crippen molar-refractivity contribution in [3.8, 4) is 0 Å². The fourth-order valence-corrected chi connectivity index (χ4v) is 3.29. The lowest BCUT2D eigenvalue weighted by molar-refractivity contribution is -0.133. The minimum Gasteiger partial charge on any atom is -0.444 e. The number of rotatable bonds is 0. The summed E-state index contributed by atoms with van der Waals surface area (Å²) in [5, 5.41) is 0. The van der Waals surface area contributed by atoms with Crippen LogP contribution in [0, 0.1) is 10.8 Å². The zero-order chi connectivity index (χ0) is 14.6. The minimum atomic E-state index is -0.488. The number of hydrogen-bond acceptors (Lipinski definition) is 3. The fraction of sp³-hybridized carbons (Fsp3) is 0.867. The summed E-state index contributed by atoms with van der Waals surface area (Å²) >= 11 is 0. The number of likely N-dealkylation sites (tertiary alicyclic amines) is 1. The van der Waals surface area contributed by atoms with E-state index in [4.69, 9.17) is 4.74 Å². The molecule has 0 spiro atoms. The molecule has 4 nitrogen and oxygen atoms in total. The molecule has 1 heterocycles. The van der Waals surface area contributed by atoms with Crippen molar-refractivity contribution in [2.24, 2.45) is 10.8 Å². The maximum Gasteiger partial charge on any atom is 0.410 e. The Kier molecular flexibility index (Phi) is 3.00. The molecule has 2 aliphatic rings. The normalized spacial score (nSPS) is 30.9. The van der Waals surface area contributed by atoms with Gasteiger partial charge in [0.15, 0.2) is 0 Å². The molecule has 108 valence electrons. The number of Topliss-reactive ketones (excluding diaryl/α,β-unsaturated/α-hetero) is 1. The van der Waals surface area contributed by atoms with Gasteiger partial charge in [-0.2, -0.15) is 0 Å². The van der Waals surface area contributed by atoms with E-state index in [0.29, 0.717) is 18.7 Å². The van der Waals surface area contributed by atoms with Crippen molar-refractivity contribution in [3.05, 3.63) is 0 Å². The van der Waals surface area contributed by atoms with Crippen LogP contribution in [-0.4, -0.2) is 35.0 Å². The van der Waals surface area contributed by atoms with Crippen LogP contribution in [0.15, 0.2) is 0 Å². The first-order chi connectivity index (χ1) is 8.46. The van der Waals surface area contributed by atoms with Crippen molar-refractivity contribution in [2.45, 2.75) is 66.0 Å². The summed E-state index contributed by atoms with van der Waals surface area (Å²) in [6.07, 6.45) is 0.988. The number of carbonyl (C=O) groups is 2. The first-order valence-corrected chi connectivity index (χ1v) is 6.99. The topological polar surface area (TPSA) is 46.6 Å². The molecule has 1 amide bonds. The average molecular weight is 267 g/mol. The second-order valence-electron chi connectivity index (χ2n) is 7.93. The summed E-state index contributed by atoms with van der Waals surface area (Å²) in [5.41, 5.74) is -0.984. The van der Waals surface area contributed by atoms with Crippen LogP contribution in [0.4, 0.5) is 4.79 Å². The highest BCUT2D eigenvalue weighted by Gasteiger charge is 2.62. The molecule has 0 aromatic rings. The van der Waals surface area contributed by atoms with Crippen LogP contribution in [0.5, 0.6) is 0 Å². The molecule has 2 bridgehead atoms. The fourth-order valence-electron chi connectivity index (χ4n) is 3.29. The third-order valence-electron chi connectivity index (χ3n) is 4.48. The van der Waals surface area contributed by atoms with E-state index >= 15 is 0 Å². The van der Waals surface area contributed by atoms with E-state index in [1.165, 1.54) is 0 Å². The predicted molar refractivity (Wildman–Crippen MR) is 72.9 cm³/mol. The van der Waals surface area contributed by atoms with Crippen molar-refractivity contribution < 1.29 is 14.3 Å². The van der Waals surface area contributed by atoms with Crippen LogP contribution in [0.3, 0.4) is 0 Å². The lowest BCUT2D eigenvalue weighted by Gasteiger charge is -2.40. The largest absolute Gasteiger partial charge is 0.444 e. The Morgan fingerprint density at radius 1 is 1.26 bits per heavy atom. The number of amides is 1. The van der Waals surface area contributed by atoms with Crippen LogP contribution in [0.1, 0.15) is 54.4 Å².